The molecule has 0 aromatic carbocycles. The number of carbonyl (C=O) groups is 1. The van der Waals surface area contributed by atoms with Crippen LogP contribution in [-0.4, -0.2) is 22.9 Å². The number of carbonyl (C=O) groups excluding carboxylic acids is 1. The van der Waals surface area contributed by atoms with E-state index in [0.29, 0.717) is 17.1 Å². The Balaban J connectivity index is 2.42. The lowest BCUT2D eigenvalue weighted by Crippen LogP contribution is -2.06. The Hall–Kier alpha value is -2.23. The van der Waals surface area contributed by atoms with Crippen molar-refractivity contribution in [3.63, 3.8) is 0 Å². The molecule has 0 fully saturated rings. The van der Waals surface area contributed by atoms with Gasteiger partial charge in [-0.15, -0.1) is 0 Å². The molecule has 0 unspecified atom stereocenters. The molecule has 80 valence electrons. The smallest absolute Gasteiger partial charge is 0.224 e. The van der Waals surface area contributed by atoms with Crippen molar-refractivity contribution in [2.24, 2.45) is 0 Å². The first-order valence-corrected chi connectivity index (χ1v) is 4.77. The predicted molar refractivity (Wildman–Crippen MR) is 58.5 cm³/mol. The molecule has 4 heteroatoms. The van der Waals surface area contributed by atoms with Crippen LogP contribution >= 0.6 is 0 Å². The third-order valence-electron chi connectivity index (χ3n) is 2.11. The van der Waals surface area contributed by atoms with Gasteiger partial charge >= 0.3 is 0 Å². The van der Waals surface area contributed by atoms with Gasteiger partial charge in [0.15, 0.2) is 0 Å². The fraction of sp³-hybridized carbons (Fsp3) is 0.0833. The van der Waals surface area contributed by atoms with Crippen LogP contribution in [0.5, 0.6) is 5.88 Å². The fourth-order valence-corrected chi connectivity index (χ4v) is 1.36. The minimum absolute atomic E-state index is 0.189. The first kappa shape index (κ1) is 10.3. The number of pyridine rings is 2. The van der Waals surface area contributed by atoms with Crippen LogP contribution in [0.4, 0.5) is 0 Å². The predicted octanol–water partition coefficient (Wildman–Crippen LogP) is 1.72. The SMILES string of the molecule is COc1ncccc1C(=O)c1ccccn1. The highest BCUT2D eigenvalue weighted by Crippen LogP contribution is 2.16. The van der Waals surface area contributed by atoms with E-state index in [1.807, 2.05) is 0 Å². The second kappa shape index (κ2) is 4.53. The third-order valence-corrected chi connectivity index (χ3v) is 2.11. The Kier molecular flexibility index (Phi) is 2.91. The molecule has 0 saturated heterocycles. The third kappa shape index (κ3) is 1.91. The van der Waals surface area contributed by atoms with Gasteiger partial charge in [0.1, 0.15) is 5.69 Å². The Morgan fingerprint density at radius 2 is 1.94 bits per heavy atom. The fourth-order valence-electron chi connectivity index (χ4n) is 1.36. The molecule has 4 nitrogen and oxygen atoms in total. The lowest BCUT2D eigenvalue weighted by Gasteiger charge is -2.04. The molecule has 2 aromatic heterocycles. The maximum Gasteiger partial charge on any atom is 0.224 e. The van der Waals surface area contributed by atoms with Crippen LogP contribution in [0.1, 0.15) is 16.1 Å². The number of hydrogen-bond donors (Lipinski definition) is 0. The highest BCUT2D eigenvalue weighted by Gasteiger charge is 2.15. The first-order valence-electron chi connectivity index (χ1n) is 4.77. The van der Waals surface area contributed by atoms with Crippen LogP contribution in [0, 0.1) is 0 Å². The Labute approximate surface area is 92.9 Å². The number of rotatable bonds is 3. The van der Waals surface area contributed by atoms with Crippen LogP contribution in [0.25, 0.3) is 0 Å². The average molecular weight is 214 g/mol. The van der Waals surface area contributed by atoms with Crippen molar-refractivity contribution in [3.8, 4) is 5.88 Å². The molecule has 0 aliphatic carbocycles. The van der Waals surface area contributed by atoms with Gasteiger partial charge in [-0.2, -0.15) is 0 Å². The molecular formula is C12H10N2O2. The number of ketones is 1. The second-order valence-corrected chi connectivity index (χ2v) is 3.10. The van der Waals surface area contributed by atoms with Crippen molar-refractivity contribution in [2.75, 3.05) is 7.11 Å². The standard InChI is InChI=1S/C12H10N2O2/c1-16-12-9(5-4-8-14-12)11(15)10-6-2-3-7-13-10/h2-8H,1H3. The summed E-state index contributed by atoms with van der Waals surface area (Å²) in [6.45, 7) is 0. The van der Waals surface area contributed by atoms with Crippen molar-refractivity contribution < 1.29 is 9.53 Å². The minimum Gasteiger partial charge on any atom is -0.480 e. The minimum atomic E-state index is -0.189. The van der Waals surface area contributed by atoms with E-state index in [1.54, 1.807) is 42.7 Å². The van der Waals surface area contributed by atoms with Gasteiger partial charge in [-0.05, 0) is 24.3 Å². The molecule has 0 saturated carbocycles. The summed E-state index contributed by atoms with van der Waals surface area (Å²) in [5.41, 5.74) is 0.803. The van der Waals surface area contributed by atoms with Gasteiger partial charge in [0.2, 0.25) is 11.7 Å². The number of nitrogens with zero attached hydrogens (tertiary/aromatic N) is 2. The molecule has 0 spiro atoms. The maximum absolute atomic E-state index is 12.0. The molecule has 2 heterocycles. The quantitative estimate of drug-likeness (QED) is 0.730. The van der Waals surface area contributed by atoms with Crippen LogP contribution in [-0.2, 0) is 0 Å². The molecule has 0 N–H and O–H groups in total. The van der Waals surface area contributed by atoms with Crippen LogP contribution in [0.2, 0.25) is 0 Å². The number of ether oxygens (including phenoxy) is 1. The van der Waals surface area contributed by atoms with Gasteiger partial charge in [-0.25, -0.2) is 4.98 Å². The summed E-state index contributed by atoms with van der Waals surface area (Å²) >= 11 is 0. The molecule has 0 aliphatic heterocycles. The van der Waals surface area contributed by atoms with E-state index in [0.717, 1.165) is 0 Å². The highest BCUT2D eigenvalue weighted by molar-refractivity contribution is 6.09. The molecular weight excluding hydrogens is 204 g/mol. The van der Waals surface area contributed by atoms with Crippen molar-refractivity contribution in [1.29, 1.82) is 0 Å². The Bertz CT molecular complexity index is 497. The number of hydrogen-bond acceptors (Lipinski definition) is 4. The molecule has 0 atom stereocenters. The van der Waals surface area contributed by atoms with Gasteiger partial charge in [-0.3, -0.25) is 9.78 Å². The van der Waals surface area contributed by atoms with E-state index in [9.17, 15) is 4.79 Å². The normalized spacial score (nSPS) is 9.81. The first-order chi connectivity index (χ1) is 7.83. The number of aromatic nitrogens is 2. The zero-order chi connectivity index (χ0) is 11.4. The van der Waals surface area contributed by atoms with Crippen molar-refractivity contribution in [1.82, 2.24) is 9.97 Å². The van der Waals surface area contributed by atoms with Crippen molar-refractivity contribution in [3.05, 3.63) is 54.0 Å². The summed E-state index contributed by atoms with van der Waals surface area (Å²) < 4.78 is 5.03. The molecule has 2 aromatic rings. The lowest BCUT2D eigenvalue weighted by molar-refractivity contribution is 0.103. The molecule has 16 heavy (non-hydrogen) atoms. The van der Waals surface area contributed by atoms with E-state index in [4.69, 9.17) is 4.74 Å². The van der Waals surface area contributed by atoms with Gasteiger partial charge in [0.05, 0.1) is 12.7 Å². The summed E-state index contributed by atoms with van der Waals surface area (Å²) in [5.74, 6) is 0.128. The van der Waals surface area contributed by atoms with Crippen molar-refractivity contribution in [2.45, 2.75) is 0 Å². The zero-order valence-corrected chi connectivity index (χ0v) is 8.75. The van der Waals surface area contributed by atoms with Gasteiger partial charge in [0.25, 0.3) is 0 Å². The van der Waals surface area contributed by atoms with Crippen LogP contribution < -0.4 is 4.74 Å². The van der Waals surface area contributed by atoms with Crippen LogP contribution in [0.15, 0.2) is 42.7 Å². The Morgan fingerprint density at radius 3 is 2.62 bits per heavy atom. The number of methoxy groups -OCH3 is 1. The lowest BCUT2D eigenvalue weighted by atomic mass is 10.1. The molecule has 0 radical (unpaired) electrons. The largest absolute Gasteiger partial charge is 0.480 e. The second-order valence-electron chi connectivity index (χ2n) is 3.10. The maximum atomic E-state index is 12.0. The van der Waals surface area contributed by atoms with E-state index < -0.39 is 0 Å². The van der Waals surface area contributed by atoms with Gasteiger partial charge in [-0.1, -0.05) is 6.07 Å². The van der Waals surface area contributed by atoms with E-state index in [2.05, 4.69) is 9.97 Å². The molecule has 0 bridgehead atoms. The van der Waals surface area contributed by atoms with Gasteiger partial charge < -0.3 is 4.74 Å². The van der Waals surface area contributed by atoms with Crippen molar-refractivity contribution >= 4 is 5.78 Å². The topological polar surface area (TPSA) is 52.1 Å². The van der Waals surface area contributed by atoms with E-state index in [1.165, 1.54) is 7.11 Å². The zero-order valence-electron chi connectivity index (χ0n) is 8.75. The molecule has 2 rings (SSSR count). The van der Waals surface area contributed by atoms with Crippen LogP contribution in [0.3, 0.4) is 0 Å². The van der Waals surface area contributed by atoms with E-state index >= 15 is 0 Å². The average Bonchev–Trinajstić information content (AvgIpc) is 2.39. The van der Waals surface area contributed by atoms with Gasteiger partial charge in [0, 0.05) is 12.4 Å². The van der Waals surface area contributed by atoms with E-state index in [-0.39, 0.29) is 5.78 Å². The summed E-state index contributed by atoms with van der Waals surface area (Å²) in [4.78, 5) is 20.0. The summed E-state index contributed by atoms with van der Waals surface area (Å²) in [6, 6.07) is 8.55. The molecule has 0 amide bonds. The highest BCUT2D eigenvalue weighted by atomic mass is 16.5. The molecule has 0 aliphatic rings. The monoisotopic (exact) mass is 214 g/mol. The Morgan fingerprint density at radius 1 is 1.12 bits per heavy atom. The summed E-state index contributed by atoms with van der Waals surface area (Å²) in [5, 5.41) is 0. The summed E-state index contributed by atoms with van der Waals surface area (Å²) in [7, 11) is 1.48. The summed E-state index contributed by atoms with van der Waals surface area (Å²) in [6.07, 6.45) is 3.16.